The van der Waals surface area contributed by atoms with E-state index in [0.29, 0.717) is 11.3 Å². The number of imidazole rings is 1. The number of alkyl halides is 1. The maximum absolute atomic E-state index is 15.0. The number of ether oxygens (including phenoxy) is 1. The number of benzene rings is 1. The van der Waals surface area contributed by atoms with Crippen LogP contribution < -0.4 is 5.32 Å². The topological polar surface area (TPSA) is 176 Å². The largest absolute Gasteiger partial charge is 0.387 e. The van der Waals surface area contributed by atoms with E-state index in [0.717, 1.165) is 0 Å². The van der Waals surface area contributed by atoms with Gasteiger partial charge >= 0.3 is 15.2 Å². The van der Waals surface area contributed by atoms with Crippen LogP contribution >= 0.6 is 26.8 Å². The van der Waals surface area contributed by atoms with Crippen molar-refractivity contribution in [3.8, 4) is 0 Å². The summed E-state index contributed by atoms with van der Waals surface area (Å²) in [4.78, 5) is 31.6. The average Bonchev–Trinajstić information content (AvgIpc) is 3.32. The lowest BCUT2D eigenvalue weighted by atomic mass is 10.1. The molecule has 202 valence electrons. The number of fused-ring (bicyclic) bond motifs is 1. The van der Waals surface area contributed by atoms with Crippen molar-refractivity contribution in [2.75, 3.05) is 17.8 Å². The summed E-state index contributed by atoms with van der Waals surface area (Å²) < 4.78 is 63.5. The molecule has 17 heteroatoms. The summed E-state index contributed by atoms with van der Waals surface area (Å²) >= 11 is 6.17. The van der Waals surface area contributed by atoms with Crippen LogP contribution in [0.4, 0.5) is 14.5 Å². The zero-order chi connectivity index (χ0) is 27.1. The Morgan fingerprint density at radius 2 is 2.00 bits per heavy atom. The molecule has 12 nitrogen and oxygen atoms in total. The third-order valence-electron chi connectivity index (χ3n) is 5.62. The fourth-order valence-electron chi connectivity index (χ4n) is 3.96. The van der Waals surface area contributed by atoms with E-state index < -0.39 is 64.0 Å². The smallest absolute Gasteiger partial charge is 0.340 e. The second-order valence-electron chi connectivity index (χ2n) is 8.46. The Hall–Kier alpha value is -1.99. The fourth-order valence-corrected chi connectivity index (χ4v) is 6.71. The van der Waals surface area contributed by atoms with Gasteiger partial charge in [0, 0.05) is 11.6 Å². The molecule has 5 N–H and O–H groups in total. The normalized spacial score (nSPS) is 24.8. The summed E-state index contributed by atoms with van der Waals surface area (Å²) in [5, 5.41) is 17.5. The minimum absolute atomic E-state index is 0.0116. The van der Waals surface area contributed by atoms with E-state index in [-0.39, 0.29) is 16.5 Å². The Kier molecular flexibility index (Phi) is 8.06. The molecule has 0 bridgehead atoms. The van der Waals surface area contributed by atoms with Crippen molar-refractivity contribution < 1.29 is 47.0 Å². The maximum atomic E-state index is 15.0. The van der Waals surface area contributed by atoms with Crippen LogP contribution in [0.25, 0.3) is 5.65 Å². The molecular weight excluding hydrogens is 560 g/mol. The van der Waals surface area contributed by atoms with E-state index >= 15 is 4.39 Å². The van der Waals surface area contributed by atoms with Crippen molar-refractivity contribution in [1.82, 2.24) is 14.6 Å². The van der Waals surface area contributed by atoms with E-state index in [2.05, 4.69) is 19.9 Å². The first-order chi connectivity index (χ1) is 17.3. The summed E-state index contributed by atoms with van der Waals surface area (Å²) in [5.41, 5.74) is 0.994. The van der Waals surface area contributed by atoms with Crippen molar-refractivity contribution in [3.63, 3.8) is 0 Å². The van der Waals surface area contributed by atoms with Gasteiger partial charge in [0.1, 0.15) is 24.1 Å². The van der Waals surface area contributed by atoms with Crippen LogP contribution in [0.2, 0.25) is 5.15 Å². The third kappa shape index (κ3) is 6.36. The van der Waals surface area contributed by atoms with Crippen LogP contribution in [-0.2, 0) is 18.4 Å². The molecule has 2 aromatic heterocycles. The molecule has 3 heterocycles. The van der Waals surface area contributed by atoms with Gasteiger partial charge in [-0.15, -0.1) is 0 Å². The molecule has 6 atom stereocenters. The number of aromatic nitrogens is 3. The summed E-state index contributed by atoms with van der Waals surface area (Å²) in [6.45, 7) is 0.905. The number of rotatable bonds is 9. The number of nitrogens with zero attached hydrogens (tertiary/aromatic N) is 3. The zero-order valence-corrected chi connectivity index (χ0v) is 21.6. The average molecular weight is 583 g/mol. The Morgan fingerprint density at radius 3 is 2.68 bits per heavy atom. The number of aliphatic hydroxyl groups is 1. The van der Waals surface area contributed by atoms with Gasteiger partial charge < -0.3 is 34.4 Å². The number of nitrogens with one attached hydrogen (secondary N) is 1. The zero-order valence-electron chi connectivity index (χ0n) is 19.1. The number of hydrogen-bond acceptors (Lipinski definition) is 8. The standard InChI is InChI=1S/C20H23ClF2N4O8P2/c1-10(11-4-2-3-5-12(11)22)25-13-6-16(21)26-27-14(7-24-20(13)27)19-17(23)18(28)15(35-19)8-34-37(32,33)9-36(29,30)31/h2-7,10,15,17-19,25,28H,8-9H2,1H3,(H,32,33)(H2,29,30,31)/t10-,15+,17-,18+,19-/m0/s1. The molecule has 0 radical (unpaired) electrons. The van der Waals surface area contributed by atoms with Crippen molar-refractivity contribution in [1.29, 1.82) is 0 Å². The molecule has 1 aliphatic heterocycles. The van der Waals surface area contributed by atoms with E-state index in [4.69, 9.17) is 26.1 Å². The Bertz CT molecular complexity index is 1390. The second kappa shape index (κ2) is 10.6. The minimum atomic E-state index is -4.87. The quantitative estimate of drug-likeness (QED) is 0.234. The lowest BCUT2D eigenvalue weighted by Crippen LogP contribution is -2.31. The highest BCUT2D eigenvalue weighted by atomic mass is 35.5. The summed E-state index contributed by atoms with van der Waals surface area (Å²) in [5.74, 6) is -1.86. The third-order valence-corrected chi connectivity index (χ3v) is 9.26. The van der Waals surface area contributed by atoms with Gasteiger partial charge in [-0.2, -0.15) is 5.10 Å². The van der Waals surface area contributed by atoms with Gasteiger partial charge in [0.2, 0.25) is 0 Å². The van der Waals surface area contributed by atoms with Gasteiger partial charge in [0.25, 0.3) is 0 Å². The predicted molar refractivity (Wildman–Crippen MR) is 128 cm³/mol. The highest BCUT2D eigenvalue weighted by Crippen LogP contribution is 2.55. The van der Waals surface area contributed by atoms with Crippen molar-refractivity contribution in [3.05, 3.63) is 58.8 Å². The van der Waals surface area contributed by atoms with Gasteiger partial charge in [-0.25, -0.2) is 18.3 Å². The molecule has 0 spiro atoms. The molecule has 1 saturated heterocycles. The van der Waals surface area contributed by atoms with E-state index in [1.54, 1.807) is 25.1 Å². The molecule has 1 aromatic carbocycles. The molecule has 1 unspecified atom stereocenters. The number of anilines is 1. The molecule has 0 amide bonds. The Balaban J connectivity index is 1.56. The van der Waals surface area contributed by atoms with Crippen LogP contribution in [0.3, 0.4) is 0 Å². The monoisotopic (exact) mass is 582 g/mol. The highest BCUT2D eigenvalue weighted by molar-refractivity contribution is 7.70. The minimum Gasteiger partial charge on any atom is -0.387 e. The number of hydrogen-bond donors (Lipinski definition) is 5. The Labute approximate surface area is 213 Å². The predicted octanol–water partition coefficient (Wildman–Crippen LogP) is 3.17. The number of aliphatic hydroxyl groups excluding tert-OH is 1. The van der Waals surface area contributed by atoms with Gasteiger partial charge in [-0.3, -0.25) is 9.13 Å². The first kappa shape index (κ1) is 28.0. The van der Waals surface area contributed by atoms with Crippen molar-refractivity contribution in [2.45, 2.75) is 37.4 Å². The Morgan fingerprint density at radius 1 is 1.30 bits per heavy atom. The van der Waals surface area contributed by atoms with Crippen molar-refractivity contribution >= 4 is 38.1 Å². The van der Waals surface area contributed by atoms with Crippen LogP contribution in [0.1, 0.15) is 30.3 Å². The first-order valence-corrected chi connectivity index (χ1v) is 14.7. The maximum Gasteiger partial charge on any atom is 0.340 e. The molecule has 4 rings (SSSR count). The molecule has 1 fully saturated rings. The van der Waals surface area contributed by atoms with Crippen LogP contribution in [-0.4, -0.2) is 65.3 Å². The molecule has 37 heavy (non-hydrogen) atoms. The van der Waals surface area contributed by atoms with Crippen molar-refractivity contribution in [2.24, 2.45) is 0 Å². The molecular formula is C20H23ClF2N4O8P2. The van der Waals surface area contributed by atoms with Crippen LogP contribution in [0, 0.1) is 5.82 Å². The van der Waals surface area contributed by atoms with Gasteiger partial charge in [0.05, 0.1) is 30.2 Å². The number of halogens is 3. The fraction of sp³-hybridized carbons (Fsp3) is 0.400. The lowest BCUT2D eigenvalue weighted by molar-refractivity contribution is -0.0199. The summed E-state index contributed by atoms with van der Waals surface area (Å²) in [6, 6.07) is 7.13. The lowest BCUT2D eigenvalue weighted by Gasteiger charge is -2.18. The molecule has 0 saturated carbocycles. The van der Waals surface area contributed by atoms with E-state index in [9.17, 15) is 23.5 Å². The van der Waals surface area contributed by atoms with Gasteiger partial charge in [-0.1, -0.05) is 29.8 Å². The van der Waals surface area contributed by atoms with Gasteiger partial charge in [-0.05, 0) is 13.0 Å². The van der Waals surface area contributed by atoms with E-state index in [1.165, 1.54) is 22.8 Å². The van der Waals surface area contributed by atoms with Crippen LogP contribution in [0.15, 0.2) is 36.5 Å². The van der Waals surface area contributed by atoms with Crippen LogP contribution in [0.5, 0.6) is 0 Å². The molecule has 3 aromatic rings. The SMILES string of the molecule is C[C@H](Nc1cc(Cl)nn2c([C@@H]3O[C@H](COP(=O)(O)CP(=O)(O)O)[C@@H](O)[C@@H]3F)cnc12)c1ccccc1F. The van der Waals surface area contributed by atoms with Gasteiger partial charge in [0.15, 0.2) is 22.9 Å². The van der Waals surface area contributed by atoms with E-state index in [1.807, 2.05) is 0 Å². The summed E-state index contributed by atoms with van der Waals surface area (Å²) in [6.07, 6.45) is -5.48. The first-order valence-electron chi connectivity index (χ1n) is 10.8. The second-order valence-corrected chi connectivity index (χ2v) is 12.8. The summed E-state index contributed by atoms with van der Waals surface area (Å²) in [7, 11) is -9.62. The highest BCUT2D eigenvalue weighted by Gasteiger charge is 2.47. The molecule has 1 aliphatic rings. The molecule has 0 aliphatic carbocycles.